The Hall–Kier alpha value is -0.240. The van der Waals surface area contributed by atoms with Crippen LogP contribution >= 0.6 is 11.6 Å². The second-order valence-corrected chi connectivity index (χ2v) is 4.31. The molecule has 0 rings (SSSR count). The molecule has 1 atom stereocenters. The maximum Gasteiger partial charge on any atom is 0.226 e. The average molecular weight is 206 g/mol. The standard InChI is InChI=1S/C10H20ClNO/c1-8(2)5-6-12(4)10(13)9(3)7-11/h8-9H,5-7H2,1-4H3. The first kappa shape index (κ1) is 12.8. The number of rotatable bonds is 5. The largest absolute Gasteiger partial charge is 0.345 e. The number of halogens is 1. The summed E-state index contributed by atoms with van der Waals surface area (Å²) in [6.45, 7) is 7.01. The van der Waals surface area contributed by atoms with Crippen LogP contribution in [0.15, 0.2) is 0 Å². The Morgan fingerprint density at radius 1 is 1.38 bits per heavy atom. The Labute approximate surface area is 86.2 Å². The van der Waals surface area contributed by atoms with Crippen LogP contribution in [0.4, 0.5) is 0 Å². The minimum Gasteiger partial charge on any atom is -0.345 e. The van der Waals surface area contributed by atoms with Gasteiger partial charge in [-0.2, -0.15) is 0 Å². The molecule has 0 N–H and O–H groups in total. The van der Waals surface area contributed by atoms with Crippen LogP contribution in [-0.2, 0) is 4.79 Å². The van der Waals surface area contributed by atoms with Gasteiger partial charge in [0.1, 0.15) is 0 Å². The first-order valence-corrected chi connectivity index (χ1v) is 5.33. The van der Waals surface area contributed by atoms with Crippen LogP contribution < -0.4 is 0 Å². The Morgan fingerprint density at radius 3 is 2.31 bits per heavy atom. The highest BCUT2D eigenvalue weighted by molar-refractivity contribution is 6.19. The predicted octanol–water partition coefficient (Wildman–Crippen LogP) is 2.37. The van der Waals surface area contributed by atoms with E-state index in [0.717, 1.165) is 13.0 Å². The predicted molar refractivity (Wildman–Crippen MR) is 57.0 cm³/mol. The molecule has 2 nitrogen and oxygen atoms in total. The summed E-state index contributed by atoms with van der Waals surface area (Å²) in [7, 11) is 1.84. The highest BCUT2D eigenvalue weighted by Gasteiger charge is 2.15. The van der Waals surface area contributed by atoms with E-state index in [2.05, 4.69) is 13.8 Å². The fourth-order valence-corrected chi connectivity index (χ4v) is 1.14. The summed E-state index contributed by atoms with van der Waals surface area (Å²) in [5.41, 5.74) is 0. The lowest BCUT2D eigenvalue weighted by Crippen LogP contribution is -2.33. The van der Waals surface area contributed by atoms with Gasteiger partial charge < -0.3 is 4.90 Å². The van der Waals surface area contributed by atoms with E-state index < -0.39 is 0 Å². The summed E-state index contributed by atoms with van der Waals surface area (Å²) in [5, 5.41) is 0. The summed E-state index contributed by atoms with van der Waals surface area (Å²) in [6, 6.07) is 0. The molecule has 3 heteroatoms. The van der Waals surface area contributed by atoms with Crippen molar-refractivity contribution in [1.82, 2.24) is 4.90 Å². The zero-order chi connectivity index (χ0) is 10.4. The van der Waals surface area contributed by atoms with Gasteiger partial charge in [-0.1, -0.05) is 20.8 Å². The van der Waals surface area contributed by atoms with Crippen molar-refractivity contribution in [1.29, 1.82) is 0 Å². The van der Waals surface area contributed by atoms with Crippen LogP contribution in [0.25, 0.3) is 0 Å². The lowest BCUT2D eigenvalue weighted by molar-refractivity contribution is -0.133. The van der Waals surface area contributed by atoms with E-state index >= 15 is 0 Å². The molecule has 0 aromatic heterocycles. The lowest BCUT2D eigenvalue weighted by Gasteiger charge is -2.20. The molecule has 0 heterocycles. The first-order chi connectivity index (χ1) is 5.99. The summed E-state index contributed by atoms with van der Waals surface area (Å²) in [6.07, 6.45) is 1.05. The maximum absolute atomic E-state index is 11.5. The van der Waals surface area contributed by atoms with Gasteiger partial charge >= 0.3 is 0 Å². The van der Waals surface area contributed by atoms with Gasteiger partial charge in [0.15, 0.2) is 0 Å². The molecule has 0 aliphatic carbocycles. The first-order valence-electron chi connectivity index (χ1n) is 4.80. The maximum atomic E-state index is 11.5. The van der Waals surface area contributed by atoms with Crippen molar-refractivity contribution in [3.05, 3.63) is 0 Å². The second-order valence-electron chi connectivity index (χ2n) is 4.00. The number of hydrogen-bond acceptors (Lipinski definition) is 1. The van der Waals surface area contributed by atoms with Crippen LogP contribution in [0.2, 0.25) is 0 Å². The number of hydrogen-bond donors (Lipinski definition) is 0. The van der Waals surface area contributed by atoms with E-state index in [1.165, 1.54) is 0 Å². The number of nitrogens with zero attached hydrogens (tertiary/aromatic N) is 1. The normalized spacial score (nSPS) is 13.1. The van der Waals surface area contributed by atoms with Crippen LogP contribution in [-0.4, -0.2) is 30.3 Å². The molecule has 0 spiro atoms. The zero-order valence-corrected chi connectivity index (χ0v) is 9.77. The molecule has 0 fully saturated rings. The number of carbonyl (C=O) groups excluding carboxylic acids is 1. The molecular formula is C10H20ClNO. The van der Waals surface area contributed by atoms with Gasteiger partial charge in [0, 0.05) is 25.4 Å². The Kier molecular flexibility index (Phi) is 6.13. The van der Waals surface area contributed by atoms with Crippen molar-refractivity contribution < 1.29 is 4.79 Å². The smallest absolute Gasteiger partial charge is 0.226 e. The van der Waals surface area contributed by atoms with E-state index in [1.807, 2.05) is 14.0 Å². The molecule has 1 unspecified atom stereocenters. The van der Waals surface area contributed by atoms with Gasteiger partial charge in [-0.25, -0.2) is 0 Å². The van der Waals surface area contributed by atoms with E-state index in [4.69, 9.17) is 11.6 Å². The van der Waals surface area contributed by atoms with E-state index in [0.29, 0.717) is 11.8 Å². The molecule has 13 heavy (non-hydrogen) atoms. The van der Waals surface area contributed by atoms with Crippen molar-refractivity contribution in [3.8, 4) is 0 Å². The van der Waals surface area contributed by atoms with Gasteiger partial charge in [-0.05, 0) is 12.3 Å². The van der Waals surface area contributed by atoms with Gasteiger partial charge in [-0.15, -0.1) is 11.6 Å². The van der Waals surface area contributed by atoms with Crippen molar-refractivity contribution in [2.45, 2.75) is 27.2 Å². The molecule has 0 aromatic carbocycles. The quantitative estimate of drug-likeness (QED) is 0.632. The highest BCUT2D eigenvalue weighted by atomic mass is 35.5. The molecule has 1 amide bonds. The average Bonchev–Trinajstić information content (AvgIpc) is 2.11. The molecule has 0 aromatic rings. The summed E-state index contributed by atoms with van der Waals surface area (Å²) >= 11 is 5.61. The van der Waals surface area contributed by atoms with Crippen molar-refractivity contribution in [2.24, 2.45) is 11.8 Å². The van der Waals surface area contributed by atoms with Gasteiger partial charge in [0.2, 0.25) is 5.91 Å². The molecule has 78 valence electrons. The van der Waals surface area contributed by atoms with Crippen LogP contribution in [0.3, 0.4) is 0 Å². The monoisotopic (exact) mass is 205 g/mol. The van der Waals surface area contributed by atoms with Crippen LogP contribution in [0.5, 0.6) is 0 Å². The third-order valence-corrected chi connectivity index (χ3v) is 2.53. The topological polar surface area (TPSA) is 20.3 Å². The minimum atomic E-state index is -0.0566. The van der Waals surface area contributed by atoms with E-state index in [1.54, 1.807) is 4.90 Å². The van der Waals surface area contributed by atoms with E-state index in [9.17, 15) is 4.79 Å². The lowest BCUT2D eigenvalue weighted by atomic mass is 10.1. The molecule has 0 aliphatic heterocycles. The van der Waals surface area contributed by atoms with Crippen molar-refractivity contribution in [2.75, 3.05) is 19.5 Å². The Bertz CT molecular complexity index is 159. The molecule has 0 saturated carbocycles. The zero-order valence-electron chi connectivity index (χ0n) is 9.01. The van der Waals surface area contributed by atoms with Gasteiger partial charge in [0.25, 0.3) is 0 Å². The van der Waals surface area contributed by atoms with Crippen LogP contribution in [0.1, 0.15) is 27.2 Å². The van der Waals surface area contributed by atoms with Crippen molar-refractivity contribution in [3.63, 3.8) is 0 Å². The second kappa shape index (κ2) is 6.25. The fourth-order valence-electron chi connectivity index (χ4n) is 1.00. The summed E-state index contributed by atoms with van der Waals surface area (Å²) in [4.78, 5) is 13.3. The third-order valence-electron chi connectivity index (χ3n) is 2.07. The summed E-state index contributed by atoms with van der Waals surface area (Å²) < 4.78 is 0. The molecule has 0 saturated heterocycles. The number of alkyl halides is 1. The van der Waals surface area contributed by atoms with Gasteiger partial charge in [-0.3, -0.25) is 4.79 Å². The van der Waals surface area contributed by atoms with Crippen molar-refractivity contribution >= 4 is 17.5 Å². The minimum absolute atomic E-state index is 0.0566. The molecular weight excluding hydrogens is 186 g/mol. The third kappa shape index (κ3) is 5.14. The van der Waals surface area contributed by atoms with Gasteiger partial charge in [0.05, 0.1) is 0 Å². The number of carbonyl (C=O) groups is 1. The summed E-state index contributed by atoms with van der Waals surface area (Å²) in [5.74, 6) is 1.14. The highest BCUT2D eigenvalue weighted by Crippen LogP contribution is 2.06. The molecule has 0 bridgehead atoms. The molecule has 0 aliphatic rings. The van der Waals surface area contributed by atoms with Crippen LogP contribution in [0, 0.1) is 11.8 Å². The fraction of sp³-hybridized carbons (Fsp3) is 0.900. The van der Waals surface area contributed by atoms with E-state index in [-0.39, 0.29) is 11.8 Å². The Morgan fingerprint density at radius 2 is 1.92 bits per heavy atom. The SMILES string of the molecule is CC(C)CCN(C)C(=O)C(C)CCl. The molecule has 0 radical (unpaired) electrons. The Balaban J connectivity index is 3.82. The number of amides is 1.